The van der Waals surface area contributed by atoms with E-state index in [0.717, 1.165) is 29.2 Å². The largest absolute Gasteiger partial charge is 0.491 e. The molecular weight excluding hydrogens is 626 g/mol. The average Bonchev–Trinajstić information content (AvgIpc) is 3.46. The summed E-state index contributed by atoms with van der Waals surface area (Å²) in [6, 6.07) is -1.42. The van der Waals surface area contributed by atoms with Gasteiger partial charge in [0.1, 0.15) is 29.4 Å². The highest BCUT2D eigenvalue weighted by Crippen LogP contribution is 2.42. The van der Waals surface area contributed by atoms with Gasteiger partial charge in [-0.1, -0.05) is 5.16 Å². The summed E-state index contributed by atoms with van der Waals surface area (Å²) in [7, 11) is 0. The molecule has 0 bridgehead atoms. The fraction of sp³-hybridized carbons (Fsp3) is 0.381. The fourth-order valence-electron chi connectivity index (χ4n) is 4.13. The molecule has 0 unspecified atom stereocenters. The van der Waals surface area contributed by atoms with Gasteiger partial charge in [-0.3, -0.25) is 19.3 Å². The van der Waals surface area contributed by atoms with Gasteiger partial charge in [0.2, 0.25) is 5.91 Å². The summed E-state index contributed by atoms with van der Waals surface area (Å²) in [5, 5.41) is 14.5. The van der Waals surface area contributed by atoms with Crippen LogP contribution >= 0.6 is 23.1 Å². The number of hydrogen-bond donors (Lipinski definition) is 3. The number of β-lactam (4-membered cyclic amide) rings is 1. The molecule has 1 aromatic rings. The lowest BCUT2D eigenvalue weighted by atomic mass is 10.0. The molecule has 0 saturated carbocycles. The number of oxime groups is 1. The zero-order chi connectivity index (χ0) is 31.1. The summed E-state index contributed by atoms with van der Waals surface area (Å²) in [6.07, 6.45) is -9.56. The highest BCUT2D eigenvalue weighted by Gasteiger charge is 2.55. The molecule has 21 heteroatoms. The Morgan fingerprint density at radius 1 is 1.24 bits per heavy atom. The Kier molecular flexibility index (Phi) is 8.27. The predicted octanol–water partition coefficient (Wildman–Crippen LogP) is 0.911. The number of fused-ring (bicyclic) bond motifs is 1. The Hall–Kier alpha value is -4.14. The number of allylic oxidation sites excluding steroid dienone is 1. The lowest BCUT2D eigenvalue weighted by Gasteiger charge is -2.49. The molecular formula is C21H16F6N6O7S2. The number of alkyl halides is 6. The number of carbonyl (C=O) groups is 5. The summed E-state index contributed by atoms with van der Waals surface area (Å²) in [5.74, 6) is -8.33. The minimum absolute atomic E-state index is 0.0262. The maximum absolute atomic E-state index is 13.0. The lowest BCUT2D eigenvalue weighted by Crippen LogP contribution is -2.71. The summed E-state index contributed by atoms with van der Waals surface area (Å²) in [5.41, 5.74) is 3.35. The second-order valence-electron chi connectivity index (χ2n) is 8.69. The second kappa shape index (κ2) is 11.3. The molecule has 2 atom stereocenters. The number of rotatable bonds is 6. The zero-order valence-electron chi connectivity index (χ0n) is 20.5. The van der Waals surface area contributed by atoms with Crippen LogP contribution in [-0.2, 0) is 28.7 Å². The number of nitrogen functional groups attached to an aromatic ring is 1. The van der Waals surface area contributed by atoms with E-state index >= 15 is 0 Å². The molecule has 2 fully saturated rings. The molecule has 4 heterocycles. The van der Waals surface area contributed by atoms with Crippen LogP contribution in [0.2, 0.25) is 0 Å². The smallest absolute Gasteiger partial charge is 0.410 e. The van der Waals surface area contributed by atoms with E-state index in [1.165, 1.54) is 5.38 Å². The zero-order valence-corrected chi connectivity index (χ0v) is 22.1. The first kappa shape index (κ1) is 30.8. The molecule has 3 amide bonds. The standard InChI is InChI=1S/C21H16F6N6O7S2/c22-20(23,24)6-32-2-1-7(14(32)35)3-8-4-41-16-11(30-13(34)10(31-39)9-5-42-19(28)29-9)15(36)33(16)12(8)17(37)40-18(38)21(25,26)27/h3,5,11,16,39H,1-2,4,6H2,(H2,28,29)(H,30,34)/b7-3+,31-10-/t11-,16-/m1/s1. The number of thioether (sulfide) groups is 1. The van der Waals surface area contributed by atoms with Crippen molar-refractivity contribution in [3.05, 3.63) is 34.0 Å². The molecule has 0 radical (unpaired) electrons. The van der Waals surface area contributed by atoms with Crippen molar-refractivity contribution in [3.8, 4) is 0 Å². The maximum Gasteiger partial charge on any atom is 0.491 e. The number of thiazole rings is 1. The van der Waals surface area contributed by atoms with E-state index in [2.05, 4.69) is 20.2 Å². The number of carbonyl (C=O) groups excluding carboxylic acids is 5. The van der Waals surface area contributed by atoms with Gasteiger partial charge in [0.05, 0.1) is 0 Å². The van der Waals surface area contributed by atoms with E-state index in [1.807, 2.05) is 0 Å². The molecule has 0 aliphatic carbocycles. The third kappa shape index (κ3) is 6.20. The summed E-state index contributed by atoms with van der Waals surface area (Å²) >= 11 is 1.78. The molecule has 42 heavy (non-hydrogen) atoms. The van der Waals surface area contributed by atoms with Gasteiger partial charge < -0.3 is 25.9 Å². The second-order valence-corrected chi connectivity index (χ2v) is 10.7. The molecule has 0 spiro atoms. The van der Waals surface area contributed by atoms with Gasteiger partial charge in [-0.2, -0.15) is 26.3 Å². The third-order valence-corrected chi connectivity index (χ3v) is 7.88. The molecule has 13 nitrogen and oxygen atoms in total. The van der Waals surface area contributed by atoms with Crippen molar-refractivity contribution in [1.82, 2.24) is 20.1 Å². The highest BCUT2D eigenvalue weighted by atomic mass is 32.2. The lowest BCUT2D eigenvalue weighted by molar-refractivity contribution is -0.201. The number of anilines is 1. The summed E-state index contributed by atoms with van der Waals surface area (Å²) in [6.45, 7) is -1.90. The number of esters is 2. The monoisotopic (exact) mass is 642 g/mol. The Morgan fingerprint density at radius 3 is 2.50 bits per heavy atom. The van der Waals surface area contributed by atoms with Crippen molar-refractivity contribution < 1.29 is 60.3 Å². The number of nitrogens with one attached hydrogen (secondary N) is 1. The van der Waals surface area contributed by atoms with Crippen molar-refractivity contribution >= 4 is 63.6 Å². The number of ether oxygens (including phenoxy) is 1. The van der Waals surface area contributed by atoms with Crippen LogP contribution in [0.25, 0.3) is 0 Å². The number of hydrogen-bond acceptors (Lipinski definition) is 12. The molecule has 226 valence electrons. The molecule has 4 rings (SSSR count). The first-order valence-corrected chi connectivity index (χ1v) is 13.3. The van der Waals surface area contributed by atoms with Gasteiger partial charge >= 0.3 is 24.3 Å². The molecule has 3 aliphatic heterocycles. The SMILES string of the molecule is Nc1nc(/C(=N/O)C(=O)N[C@@H]2C(=O)N3C(C(=O)OC(=O)C(F)(F)F)=C(/C=C4\CCN(CC(F)(F)F)C4=O)CS[C@H]23)cs1. The van der Waals surface area contributed by atoms with Crippen molar-refractivity contribution in [1.29, 1.82) is 0 Å². The van der Waals surface area contributed by atoms with Gasteiger partial charge in [-0.25, -0.2) is 14.6 Å². The van der Waals surface area contributed by atoms with E-state index in [4.69, 9.17) is 5.73 Å². The van der Waals surface area contributed by atoms with Crippen LogP contribution in [0.5, 0.6) is 0 Å². The maximum atomic E-state index is 13.0. The summed E-state index contributed by atoms with van der Waals surface area (Å²) in [4.78, 5) is 67.2. The van der Waals surface area contributed by atoms with Crippen molar-refractivity contribution in [3.63, 3.8) is 0 Å². The fourth-order valence-corrected chi connectivity index (χ4v) is 5.98. The first-order valence-electron chi connectivity index (χ1n) is 11.3. The normalized spacial score (nSPS) is 22.3. The molecule has 0 aromatic carbocycles. The Morgan fingerprint density at radius 2 is 1.93 bits per heavy atom. The van der Waals surface area contributed by atoms with Gasteiger partial charge in [-0.05, 0) is 18.1 Å². The molecule has 3 aliphatic rings. The van der Waals surface area contributed by atoms with E-state index in [1.54, 1.807) is 0 Å². The van der Waals surface area contributed by atoms with Crippen LogP contribution in [0.4, 0.5) is 31.5 Å². The van der Waals surface area contributed by atoms with Crippen LogP contribution in [0.3, 0.4) is 0 Å². The van der Waals surface area contributed by atoms with Crippen LogP contribution in [-0.4, -0.2) is 98.0 Å². The summed E-state index contributed by atoms with van der Waals surface area (Å²) < 4.78 is 80.6. The van der Waals surface area contributed by atoms with E-state index in [-0.39, 0.29) is 40.7 Å². The third-order valence-electron chi connectivity index (χ3n) is 5.91. The van der Waals surface area contributed by atoms with Gasteiger partial charge in [-0.15, -0.1) is 23.1 Å². The Balaban J connectivity index is 1.62. The van der Waals surface area contributed by atoms with Gasteiger partial charge in [0.25, 0.3) is 11.8 Å². The van der Waals surface area contributed by atoms with E-state index < -0.39 is 71.4 Å². The number of nitrogens with two attached hydrogens (primary N) is 1. The Bertz CT molecular complexity index is 1450. The minimum Gasteiger partial charge on any atom is -0.410 e. The minimum atomic E-state index is -5.59. The number of nitrogens with zero attached hydrogens (tertiary/aromatic N) is 4. The average molecular weight is 643 g/mol. The van der Waals surface area contributed by atoms with Crippen LogP contribution in [0, 0.1) is 0 Å². The number of aromatic nitrogens is 1. The van der Waals surface area contributed by atoms with Gasteiger partial charge in [0.15, 0.2) is 10.8 Å². The van der Waals surface area contributed by atoms with Crippen molar-refractivity contribution in [2.45, 2.75) is 30.2 Å². The van der Waals surface area contributed by atoms with Gasteiger partial charge in [0, 0.05) is 23.3 Å². The van der Waals surface area contributed by atoms with E-state index in [9.17, 15) is 55.5 Å². The molecule has 2 saturated heterocycles. The first-order chi connectivity index (χ1) is 19.5. The molecule has 4 N–H and O–H groups in total. The topological polar surface area (TPSA) is 185 Å². The quantitative estimate of drug-likeness (QED) is 0.0589. The predicted molar refractivity (Wildman–Crippen MR) is 129 cm³/mol. The van der Waals surface area contributed by atoms with Crippen LogP contribution < -0.4 is 11.1 Å². The van der Waals surface area contributed by atoms with Crippen LogP contribution in [0.1, 0.15) is 12.1 Å². The number of halogens is 6. The molecule has 1 aromatic heterocycles. The van der Waals surface area contributed by atoms with E-state index in [0.29, 0.717) is 9.80 Å². The van der Waals surface area contributed by atoms with Crippen LogP contribution in [0.15, 0.2) is 33.5 Å². The number of amides is 3. The highest BCUT2D eigenvalue weighted by molar-refractivity contribution is 8.00. The van der Waals surface area contributed by atoms with Crippen molar-refractivity contribution in [2.24, 2.45) is 5.16 Å². The van der Waals surface area contributed by atoms with Crippen molar-refractivity contribution in [2.75, 3.05) is 24.6 Å². The number of likely N-dealkylation sites (tertiary alicyclic amines) is 1. The Labute approximate surface area is 238 Å².